The third-order valence-corrected chi connectivity index (χ3v) is 4.77. The summed E-state index contributed by atoms with van der Waals surface area (Å²) in [5, 5.41) is 14.2. The lowest BCUT2D eigenvalue weighted by Crippen LogP contribution is -2.14. The summed E-state index contributed by atoms with van der Waals surface area (Å²) in [4.78, 5) is 20.5. The first-order valence-corrected chi connectivity index (χ1v) is 10.0. The summed E-state index contributed by atoms with van der Waals surface area (Å²) in [7, 11) is 0. The van der Waals surface area contributed by atoms with Gasteiger partial charge in [-0.2, -0.15) is 5.10 Å². The van der Waals surface area contributed by atoms with Gasteiger partial charge >= 0.3 is 5.97 Å². The van der Waals surface area contributed by atoms with Gasteiger partial charge in [-0.1, -0.05) is 58.4 Å². The van der Waals surface area contributed by atoms with Gasteiger partial charge in [0.2, 0.25) is 0 Å². The molecule has 0 saturated carbocycles. The fourth-order valence-corrected chi connectivity index (χ4v) is 3.09. The van der Waals surface area contributed by atoms with Crippen molar-refractivity contribution in [3.63, 3.8) is 0 Å². The average Bonchev–Trinajstić information content (AvgIpc) is 3.10. The van der Waals surface area contributed by atoms with Crippen LogP contribution in [0.2, 0.25) is 0 Å². The van der Waals surface area contributed by atoms with E-state index in [1.165, 1.54) is 0 Å². The first kappa shape index (κ1) is 20.7. The predicted molar refractivity (Wildman–Crippen MR) is 113 cm³/mol. The maximum Gasteiger partial charge on any atom is 0.337 e. The molecule has 2 aromatic heterocycles. The molecule has 0 fully saturated rings. The molecule has 0 radical (unpaired) electrons. The number of carboxylic acid groups (broad SMARTS) is 1. The van der Waals surface area contributed by atoms with Crippen LogP contribution in [0.15, 0.2) is 42.6 Å². The van der Waals surface area contributed by atoms with Gasteiger partial charge in [-0.25, -0.2) is 14.5 Å². The SMILES string of the molecule is CCCCc1nc(C(C)(C)C)nn1Cc1ccc(-c2ncccc2C(=O)O)cc1. The number of carboxylic acids is 1. The van der Waals surface area contributed by atoms with E-state index >= 15 is 0 Å². The minimum Gasteiger partial charge on any atom is -0.478 e. The largest absolute Gasteiger partial charge is 0.478 e. The predicted octanol–water partition coefficient (Wildman–Crippen LogP) is 4.73. The van der Waals surface area contributed by atoms with Gasteiger partial charge in [0, 0.05) is 23.6 Å². The molecular formula is C23H28N4O2. The standard InChI is InChI=1S/C23H28N4O2/c1-5-6-9-19-25-22(23(2,3)4)26-27(19)15-16-10-12-17(13-11-16)20-18(21(28)29)8-7-14-24-20/h7-8,10-14H,5-6,9,15H2,1-4H3,(H,28,29). The number of hydrogen-bond donors (Lipinski definition) is 1. The summed E-state index contributed by atoms with van der Waals surface area (Å²) in [6, 6.07) is 11.0. The van der Waals surface area contributed by atoms with Crippen molar-refractivity contribution in [1.29, 1.82) is 0 Å². The molecule has 0 spiro atoms. The Morgan fingerprint density at radius 1 is 1.14 bits per heavy atom. The minimum absolute atomic E-state index is 0.0950. The van der Waals surface area contributed by atoms with Gasteiger partial charge in [0.1, 0.15) is 5.82 Å². The molecule has 152 valence electrons. The summed E-state index contributed by atoms with van der Waals surface area (Å²) in [5.41, 5.74) is 2.46. The van der Waals surface area contributed by atoms with Crippen LogP contribution in [-0.4, -0.2) is 30.8 Å². The van der Waals surface area contributed by atoms with Crippen molar-refractivity contribution in [3.05, 3.63) is 65.4 Å². The molecule has 0 unspecified atom stereocenters. The normalized spacial score (nSPS) is 11.6. The fraction of sp³-hybridized carbons (Fsp3) is 0.391. The van der Waals surface area contributed by atoms with Crippen LogP contribution in [0.5, 0.6) is 0 Å². The first-order valence-electron chi connectivity index (χ1n) is 10.0. The molecule has 6 nitrogen and oxygen atoms in total. The van der Waals surface area contributed by atoms with Gasteiger partial charge < -0.3 is 5.11 Å². The van der Waals surface area contributed by atoms with E-state index < -0.39 is 5.97 Å². The maximum atomic E-state index is 11.5. The maximum absolute atomic E-state index is 11.5. The van der Waals surface area contributed by atoms with E-state index in [4.69, 9.17) is 10.1 Å². The minimum atomic E-state index is -0.977. The molecule has 29 heavy (non-hydrogen) atoms. The van der Waals surface area contributed by atoms with E-state index in [1.54, 1.807) is 18.3 Å². The van der Waals surface area contributed by atoms with Crippen molar-refractivity contribution in [1.82, 2.24) is 19.7 Å². The van der Waals surface area contributed by atoms with Crippen LogP contribution in [0, 0.1) is 0 Å². The summed E-state index contributed by atoms with van der Waals surface area (Å²) in [6.07, 6.45) is 4.72. The van der Waals surface area contributed by atoms with Gasteiger partial charge in [-0.3, -0.25) is 4.98 Å². The van der Waals surface area contributed by atoms with Crippen LogP contribution >= 0.6 is 0 Å². The summed E-state index contributed by atoms with van der Waals surface area (Å²) < 4.78 is 1.99. The van der Waals surface area contributed by atoms with E-state index in [9.17, 15) is 9.90 Å². The molecule has 0 atom stereocenters. The third-order valence-electron chi connectivity index (χ3n) is 4.77. The lowest BCUT2D eigenvalue weighted by atomic mass is 9.96. The number of unbranched alkanes of at least 4 members (excludes halogenated alkanes) is 1. The second-order valence-electron chi connectivity index (χ2n) is 8.26. The molecule has 0 saturated heterocycles. The summed E-state index contributed by atoms with van der Waals surface area (Å²) >= 11 is 0. The topological polar surface area (TPSA) is 80.9 Å². The number of hydrogen-bond acceptors (Lipinski definition) is 4. The zero-order valence-corrected chi connectivity index (χ0v) is 17.5. The quantitative estimate of drug-likeness (QED) is 0.629. The number of aryl methyl sites for hydroxylation is 1. The van der Waals surface area contributed by atoms with Crippen molar-refractivity contribution in [2.24, 2.45) is 0 Å². The summed E-state index contributed by atoms with van der Waals surface area (Å²) in [5.74, 6) is 0.897. The van der Waals surface area contributed by atoms with Crippen LogP contribution < -0.4 is 0 Å². The number of rotatable bonds is 7. The van der Waals surface area contributed by atoms with Gasteiger partial charge in [0.05, 0.1) is 17.8 Å². The summed E-state index contributed by atoms with van der Waals surface area (Å²) in [6.45, 7) is 9.18. The van der Waals surface area contributed by atoms with Gasteiger partial charge in [-0.15, -0.1) is 0 Å². The number of pyridine rings is 1. The van der Waals surface area contributed by atoms with E-state index in [0.717, 1.165) is 42.0 Å². The van der Waals surface area contributed by atoms with E-state index in [0.29, 0.717) is 12.2 Å². The van der Waals surface area contributed by atoms with Crippen LogP contribution in [0.3, 0.4) is 0 Å². The molecule has 2 heterocycles. The van der Waals surface area contributed by atoms with Crippen LogP contribution in [0.4, 0.5) is 0 Å². The molecule has 1 aromatic carbocycles. The Hall–Kier alpha value is -3.02. The second-order valence-corrected chi connectivity index (χ2v) is 8.26. The molecule has 3 aromatic rings. The smallest absolute Gasteiger partial charge is 0.337 e. The Kier molecular flexibility index (Phi) is 6.11. The third kappa shape index (κ3) is 4.88. The van der Waals surface area contributed by atoms with Crippen LogP contribution in [-0.2, 0) is 18.4 Å². The molecule has 0 bridgehead atoms. The van der Waals surface area contributed by atoms with Crippen molar-refractivity contribution < 1.29 is 9.90 Å². The highest BCUT2D eigenvalue weighted by atomic mass is 16.4. The van der Waals surface area contributed by atoms with Crippen LogP contribution in [0.25, 0.3) is 11.3 Å². The Bertz CT molecular complexity index is 985. The van der Waals surface area contributed by atoms with Crippen molar-refractivity contribution in [3.8, 4) is 11.3 Å². The van der Waals surface area contributed by atoms with Crippen molar-refractivity contribution >= 4 is 5.97 Å². The van der Waals surface area contributed by atoms with Crippen molar-refractivity contribution in [2.75, 3.05) is 0 Å². The number of nitrogens with zero attached hydrogens (tertiary/aromatic N) is 4. The molecular weight excluding hydrogens is 364 g/mol. The van der Waals surface area contributed by atoms with Gasteiger partial charge in [0.25, 0.3) is 0 Å². The van der Waals surface area contributed by atoms with E-state index in [2.05, 4.69) is 32.7 Å². The van der Waals surface area contributed by atoms with Gasteiger partial charge in [0.15, 0.2) is 5.82 Å². The van der Waals surface area contributed by atoms with Crippen molar-refractivity contribution in [2.45, 2.75) is 58.9 Å². The Balaban J connectivity index is 1.87. The highest BCUT2D eigenvalue weighted by molar-refractivity contribution is 5.94. The van der Waals surface area contributed by atoms with Gasteiger partial charge in [-0.05, 0) is 24.1 Å². The molecule has 3 rings (SSSR count). The molecule has 1 N–H and O–H groups in total. The average molecular weight is 393 g/mol. The number of aromatic nitrogens is 4. The lowest BCUT2D eigenvalue weighted by Gasteiger charge is -2.12. The Morgan fingerprint density at radius 3 is 2.48 bits per heavy atom. The first-order chi connectivity index (χ1) is 13.8. The zero-order chi connectivity index (χ0) is 21.0. The Morgan fingerprint density at radius 2 is 1.86 bits per heavy atom. The number of aromatic carboxylic acids is 1. The lowest BCUT2D eigenvalue weighted by molar-refractivity contribution is 0.0697. The second kappa shape index (κ2) is 8.55. The highest BCUT2D eigenvalue weighted by Crippen LogP contribution is 2.23. The fourth-order valence-electron chi connectivity index (χ4n) is 3.09. The van der Waals surface area contributed by atoms with E-state index in [1.807, 2.05) is 28.9 Å². The number of benzene rings is 1. The monoisotopic (exact) mass is 392 g/mol. The van der Waals surface area contributed by atoms with Crippen LogP contribution in [0.1, 0.15) is 68.1 Å². The number of carbonyl (C=O) groups is 1. The van der Waals surface area contributed by atoms with E-state index in [-0.39, 0.29) is 11.0 Å². The molecule has 0 aliphatic rings. The molecule has 6 heteroatoms. The molecule has 0 amide bonds. The zero-order valence-electron chi connectivity index (χ0n) is 17.5. The highest BCUT2D eigenvalue weighted by Gasteiger charge is 2.21. The molecule has 0 aliphatic heterocycles. The Labute approximate surface area is 171 Å². The molecule has 0 aliphatic carbocycles.